The number of rotatable bonds is 4. The third-order valence-electron chi connectivity index (χ3n) is 4.26. The number of nitrogens with one attached hydrogen (secondary N) is 1. The van der Waals surface area contributed by atoms with Crippen LogP contribution in [-0.4, -0.2) is 28.0 Å². The molecule has 146 valence electrons. The van der Waals surface area contributed by atoms with E-state index >= 15 is 0 Å². The first-order chi connectivity index (χ1) is 13.9. The van der Waals surface area contributed by atoms with Crippen molar-refractivity contribution >= 4 is 49.9 Å². The first-order valence-electron chi connectivity index (χ1n) is 8.58. The van der Waals surface area contributed by atoms with Gasteiger partial charge in [0.25, 0.3) is 5.91 Å². The maximum atomic E-state index is 13.0. The van der Waals surface area contributed by atoms with E-state index in [1.165, 1.54) is 30.8 Å². The molecular formula is C20H16ClN5O2S. The van der Waals surface area contributed by atoms with Gasteiger partial charge in [0.15, 0.2) is 5.13 Å². The van der Waals surface area contributed by atoms with Crippen molar-refractivity contribution in [2.75, 3.05) is 18.2 Å². The molecule has 0 aliphatic carbocycles. The fourth-order valence-corrected chi connectivity index (χ4v) is 3.98. The summed E-state index contributed by atoms with van der Waals surface area (Å²) >= 11 is 7.43. The molecule has 0 saturated carbocycles. The maximum absolute atomic E-state index is 13.0. The number of pyridine rings is 2. The number of fused-ring (bicyclic) bond motifs is 1. The zero-order valence-corrected chi connectivity index (χ0v) is 17.1. The summed E-state index contributed by atoms with van der Waals surface area (Å²) < 4.78 is 6.30. The Hall–Kier alpha value is -3.23. The van der Waals surface area contributed by atoms with Crippen LogP contribution >= 0.6 is 22.9 Å². The van der Waals surface area contributed by atoms with Gasteiger partial charge in [-0.05, 0) is 37.3 Å². The van der Waals surface area contributed by atoms with Gasteiger partial charge in [-0.2, -0.15) is 0 Å². The molecule has 7 nitrogen and oxygen atoms in total. The van der Waals surface area contributed by atoms with Gasteiger partial charge in [0, 0.05) is 28.7 Å². The van der Waals surface area contributed by atoms with Crippen molar-refractivity contribution in [3.8, 4) is 16.9 Å². The highest BCUT2D eigenvalue weighted by Gasteiger charge is 2.19. The molecule has 1 aromatic carbocycles. The summed E-state index contributed by atoms with van der Waals surface area (Å²) in [5.41, 5.74) is 9.65. The summed E-state index contributed by atoms with van der Waals surface area (Å²) in [4.78, 5) is 25.8. The van der Waals surface area contributed by atoms with Crippen LogP contribution in [0.4, 0.5) is 10.8 Å². The van der Waals surface area contributed by atoms with E-state index in [-0.39, 0.29) is 5.91 Å². The van der Waals surface area contributed by atoms with Gasteiger partial charge in [-0.15, -0.1) is 0 Å². The van der Waals surface area contributed by atoms with Crippen LogP contribution in [0, 0.1) is 6.92 Å². The molecule has 29 heavy (non-hydrogen) atoms. The summed E-state index contributed by atoms with van der Waals surface area (Å²) in [5.74, 6) is 0.166. The van der Waals surface area contributed by atoms with Crippen molar-refractivity contribution in [3.63, 3.8) is 0 Å². The topological polar surface area (TPSA) is 103 Å². The van der Waals surface area contributed by atoms with Crippen molar-refractivity contribution < 1.29 is 9.53 Å². The Bertz CT molecular complexity index is 1240. The Kier molecular flexibility index (Phi) is 5.04. The normalized spacial score (nSPS) is 10.9. The minimum atomic E-state index is -0.338. The molecule has 0 bridgehead atoms. The van der Waals surface area contributed by atoms with Gasteiger partial charge in [-0.3, -0.25) is 15.1 Å². The molecule has 0 radical (unpaired) electrons. The van der Waals surface area contributed by atoms with Crippen molar-refractivity contribution in [2.24, 2.45) is 0 Å². The van der Waals surface area contributed by atoms with E-state index in [0.717, 1.165) is 15.9 Å². The number of halogens is 1. The smallest absolute Gasteiger partial charge is 0.259 e. The molecule has 4 aromatic rings. The fraction of sp³-hybridized carbons (Fsp3) is 0.100. The summed E-state index contributed by atoms with van der Waals surface area (Å²) in [6.07, 6.45) is 3.05. The zero-order chi connectivity index (χ0) is 20.5. The number of nitrogens with two attached hydrogens (primary N) is 1. The summed E-state index contributed by atoms with van der Waals surface area (Å²) in [6, 6.07) is 8.88. The molecule has 0 unspecified atom stereocenters. The van der Waals surface area contributed by atoms with Crippen LogP contribution in [-0.2, 0) is 0 Å². The average Bonchev–Trinajstić information content (AvgIpc) is 3.09. The highest BCUT2D eigenvalue weighted by Crippen LogP contribution is 2.34. The number of aryl methyl sites for hydroxylation is 1. The first-order valence-corrected chi connectivity index (χ1v) is 9.78. The van der Waals surface area contributed by atoms with Crippen LogP contribution in [0.25, 0.3) is 21.3 Å². The SMILES string of the molecule is COc1cnc(Cl)cc1-c1cc(C)ncc1C(=O)Nc1nc2ccc(N)cc2s1. The Morgan fingerprint density at radius 1 is 1.17 bits per heavy atom. The van der Waals surface area contributed by atoms with Gasteiger partial charge in [-0.25, -0.2) is 9.97 Å². The van der Waals surface area contributed by atoms with Gasteiger partial charge in [0.05, 0.1) is 29.1 Å². The van der Waals surface area contributed by atoms with Gasteiger partial charge in [0.1, 0.15) is 10.9 Å². The largest absolute Gasteiger partial charge is 0.494 e. The molecule has 0 spiro atoms. The molecule has 0 aliphatic rings. The van der Waals surface area contributed by atoms with Crippen molar-refractivity contribution in [3.05, 3.63) is 59.1 Å². The average molecular weight is 426 g/mol. The Morgan fingerprint density at radius 3 is 2.79 bits per heavy atom. The molecule has 3 heterocycles. The van der Waals surface area contributed by atoms with E-state index in [9.17, 15) is 4.79 Å². The molecule has 3 N–H and O–H groups in total. The number of carbonyl (C=O) groups is 1. The predicted molar refractivity (Wildman–Crippen MR) is 116 cm³/mol. The minimum Gasteiger partial charge on any atom is -0.494 e. The van der Waals surface area contributed by atoms with Crippen LogP contribution in [0.5, 0.6) is 5.75 Å². The standard InChI is InChI=1S/C20H16ClN5O2S/c1-10-5-12(13-7-18(21)24-9-16(13)28-2)14(8-23-10)19(27)26-20-25-15-4-3-11(22)6-17(15)29-20/h3-9H,22H2,1-2H3,(H,25,26,27). The fourth-order valence-electron chi connectivity index (χ4n) is 2.91. The van der Waals surface area contributed by atoms with Gasteiger partial charge in [-0.1, -0.05) is 22.9 Å². The number of methoxy groups -OCH3 is 1. The Labute approximate surface area is 175 Å². The Balaban J connectivity index is 1.75. The monoisotopic (exact) mass is 425 g/mol. The second-order valence-corrected chi connectivity index (χ2v) is 7.70. The van der Waals surface area contributed by atoms with Gasteiger partial charge in [0.2, 0.25) is 0 Å². The molecular weight excluding hydrogens is 410 g/mol. The predicted octanol–water partition coefficient (Wildman–Crippen LogP) is 4.56. The molecule has 0 aliphatic heterocycles. The van der Waals surface area contributed by atoms with E-state index in [1.54, 1.807) is 12.1 Å². The minimum absolute atomic E-state index is 0.297. The van der Waals surface area contributed by atoms with E-state index in [0.29, 0.717) is 38.4 Å². The van der Waals surface area contributed by atoms with Crippen LogP contribution in [0.3, 0.4) is 0 Å². The maximum Gasteiger partial charge on any atom is 0.259 e. The van der Waals surface area contributed by atoms with Crippen molar-refractivity contribution in [2.45, 2.75) is 6.92 Å². The number of anilines is 2. The van der Waals surface area contributed by atoms with Crippen LogP contribution in [0.1, 0.15) is 16.1 Å². The Morgan fingerprint density at radius 2 is 2.00 bits per heavy atom. The van der Waals surface area contributed by atoms with E-state index in [1.807, 2.05) is 25.1 Å². The summed E-state index contributed by atoms with van der Waals surface area (Å²) in [5, 5.41) is 3.62. The molecule has 1 amide bonds. The van der Waals surface area contributed by atoms with Crippen LogP contribution in [0.15, 0.2) is 42.7 Å². The molecule has 3 aromatic heterocycles. The third kappa shape index (κ3) is 3.85. The molecule has 0 saturated heterocycles. The zero-order valence-electron chi connectivity index (χ0n) is 15.6. The first kappa shape index (κ1) is 19.1. The van der Waals surface area contributed by atoms with Crippen molar-refractivity contribution in [1.29, 1.82) is 0 Å². The number of hydrogen-bond donors (Lipinski definition) is 2. The number of benzene rings is 1. The lowest BCUT2D eigenvalue weighted by Crippen LogP contribution is -2.14. The molecule has 9 heteroatoms. The second-order valence-electron chi connectivity index (χ2n) is 6.28. The third-order valence-corrected chi connectivity index (χ3v) is 5.40. The number of aromatic nitrogens is 3. The highest BCUT2D eigenvalue weighted by atomic mass is 35.5. The second kappa shape index (κ2) is 7.65. The number of thiazole rings is 1. The number of nitrogen functional groups attached to an aromatic ring is 1. The van der Waals surface area contributed by atoms with E-state index < -0.39 is 0 Å². The summed E-state index contributed by atoms with van der Waals surface area (Å²) in [6.45, 7) is 1.85. The quantitative estimate of drug-likeness (QED) is 0.367. The lowest BCUT2D eigenvalue weighted by atomic mass is 10.0. The lowest BCUT2D eigenvalue weighted by molar-refractivity contribution is 0.102. The number of hydrogen-bond acceptors (Lipinski definition) is 7. The molecule has 4 rings (SSSR count). The number of ether oxygens (including phenoxy) is 1. The number of carbonyl (C=O) groups excluding carboxylic acids is 1. The summed E-state index contributed by atoms with van der Waals surface area (Å²) in [7, 11) is 1.54. The molecule has 0 atom stereocenters. The van der Waals surface area contributed by atoms with E-state index in [4.69, 9.17) is 22.1 Å². The van der Waals surface area contributed by atoms with E-state index in [2.05, 4.69) is 20.3 Å². The van der Waals surface area contributed by atoms with Gasteiger partial charge >= 0.3 is 0 Å². The van der Waals surface area contributed by atoms with Gasteiger partial charge < -0.3 is 10.5 Å². The van der Waals surface area contributed by atoms with Crippen LogP contribution < -0.4 is 15.8 Å². The van der Waals surface area contributed by atoms with Crippen molar-refractivity contribution in [1.82, 2.24) is 15.0 Å². The number of amides is 1. The number of nitrogens with zero attached hydrogens (tertiary/aromatic N) is 3. The lowest BCUT2D eigenvalue weighted by Gasteiger charge is -2.13. The van der Waals surface area contributed by atoms with Crippen LogP contribution in [0.2, 0.25) is 5.15 Å². The molecule has 0 fully saturated rings. The highest BCUT2D eigenvalue weighted by molar-refractivity contribution is 7.22.